The summed E-state index contributed by atoms with van der Waals surface area (Å²) < 4.78 is 0. The molecule has 0 saturated carbocycles. The summed E-state index contributed by atoms with van der Waals surface area (Å²) >= 11 is 1.71. The molecule has 0 spiro atoms. The average molecular weight is 252 g/mol. The van der Waals surface area contributed by atoms with E-state index in [4.69, 9.17) is 5.84 Å². The molecule has 2 aromatic rings. The first-order chi connectivity index (χ1) is 8.11. The van der Waals surface area contributed by atoms with Gasteiger partial charge in [-0.05, 0) is 5.92 Å². The summed E-state index contributed by atoms with van der Waals surface area (Å²) in [5.74, 6) is 6.33. The molecule has 0 radical (unpaired) electrons. The number of thioether (sulfide) groups is 1. The minimum Gasteiger partial charge on any atom is -0.292 e. The number of anilines is 1. The standard InChI is InChI=1S/C10H16N6S/c1-5(2)6(3)17-9-7-4-12-16-8(7)13-10(14-9)15-11/h4-6H,11H2,1-3H3,(H2,12,13,14,15,16). The van der Waals surface area contributed by atoms with E-state index in [1.54, 1.807) is 18.0 Å². The lowest BCUT2D eigenvalue weighted by Gasteiger charge is -2.14. The smallest absolute Gasteiger partial charge is 0.240 e. The molecular weight excluding hydrogens is 236 g/mol. The molecule has 0 saturated heterocycles. The molecule has 2 aromatic heterocycles. The quantitative estimate of drug-likeness (QED) is 0.332. The van der Waals surface area contributed by atoms with Crippen LogP contribution >= 0.6 is 11.8 Å². The number of hydrazine groups is 1. The van der Waals surface area contributed by atoms with Crippen LogP contribution in [0.5, 0.6) is 0 Å². The van der Waals surface area contributed by atoms with Crippen molar-refractivity contribution in [1.29, 1.82) is 0 Å². The number of fused-ring (bicyclic) bond motifs is 1. The fraction of sp³-hybridized carbons (Fsp3) is 0.500. The maximum Gasteiger partial charge on any atom is 0.240 e. The number of nitrogens with zero attached hydrogens (tertiary/aromatic N) is 3. The molecule has 0 bridgehead atoms. The van der Waals surface area contributed by atoms with Crippen LogP contribution in [-0.2, 0) is 0 Å². The van der Waals surface area contributed by atoms with Crippen LogP contribution in [0.15, 0.2) is 11.2 Å². The van der Waals surface area contributed by atoms with Crippen molar-refractivity contribution < 1.29 is 0 Å². The van der Waals surface area contributed by atoms with Crippen LogP contribution in [0.2, 0.25) is 0 Å². The first-order valence-corrected chi connectivity index (χ1v) is 6.34. The van der Waals surface area contributed by atoms with E-state index in [-0.39, 0.29) is 0 Å². The van der Waals surface area contributed by atoms with Crippen LogP contribution in [-0.4, -0.2) is 25.4 Å². The molecule has 0 aliphatic heterocycles. The number of aromatic nitrogens is 4. The summed E-state index contributed by atoms with van der Waals surface area (Å²) in [5.41, 5.74) is 3.17. The van der Waals surface area contributed by atoms with E-state index < -0.39 is 0 Å². The number of hydrogen-bond acceptors (Lipinski definition) is 6. The topological polar surface area (TPSA) is 92.5 Å². The Hall–Kier alpha value is -1.34. The minimum absolute atomic E-state index is 0.403. The van der Waals surface area contributed by atoms with Crippen LogP contribution in [0.25, 0.3) is 11.0 Å². The largest absolute Gasteiger partial charge is 0.292 e. The Morgan fingerprint density at radius 1 is 1.35 bits per heavy atom. The molecule has 7 heteroatoms. The van der Waals surface area contributed by atoms with Gasteiger partial charge in [-0.15, -0.1) is 11.8 Å². The summed E-state index contributed by atoms with van der Waals surface area (Å²) in [4.78, 5) is 8.56. The fourth-order valence-electron chi connectivity index (χ4n) is 1.27. The summed E-state index contributed by atoms with van der Waals surface area (Å²) in [6, 6.07) is 0. The number of H-pyrrole nitrogens is 1. The molecule has 2 heterocycles. The molecule has 0 amide bonds. The predicted octanol–water partition coefficient (Wildman–Crippen LogP) is 1.78. The van der Waals surface area contributed by atoms with Crippen molar-refractivity contribution in [3.05, 3.63) is 6.20 Å². The second-order valence-corrected chi connectivity index (χ2v) is 5.56. The highest BCUT2D eigenvalue weighted by molar-refractivity contribution is 8.00. The van der Waals surface area contributed by atoms with Gasteiger partial charge in [-0.1, -0.05) is 20.8 Å². The highest BCUT2D eigenvalue weighted by Gasteiger charge is 2.15. The van der Waals surface area contributed by atoms with Gasteiger partial charge >= 0.3 is 0 Å². The zero-order valence-corrected chi connectivity index (χ0v) is 10.9. The van der Waals surface area contributed by atoms with Gasteiger partial charge in [0.25, 0.3) is 0 Å². The van der Waals surface area contributed by atoms with Gasteiger partial charge < -0.3 is 0 Å². The van der Waals surface area contributed by atoms with Gasteiger partial charge in [0.2, 0.25) is 5.95 Å². The second-order valence-electron chi connectivity index (χ2n) is 4.20. The van der Waals surface area contributed by atoms with Gasteiger partial charge in [-0.2, -0.15) is 10.1 Å². The van der Waals surface area contributed by atoms with Crippen LogP contribution in [0.1, 0.15) is 20.8 Å². The van der Waals surface area contributed by atoms with E-state index in [0.717, 1.165) is 10.4 Å². The minimum atomic E-state index is 0.403. The van der Waals surface area contributed by atoms with Crippen molar-refractivity contribution in [3.8, 4) is 0 Å². The van der Waals surface area contributed by atoms with E-state index in [0.29, 0.717) is 22.8 Å². The number of rotatable bonds is 4. The Balaban J connectivity index is 2.40. The normalized spacial score (nSPS) is 13.2. The summed E-state index contributed by atoms with van der Waals surface area (Å²) in [7, 11) is 0. The van der Waals surface area contributed by atoms with Crippen LogP contribution in [0, 0.1) is 5.92 Å². The lowest BCUT2D eigenvalue weighted by atomic mass is 10.2. The van der Waals surface area contributed by atoms with Crippen molar-refractivity contribution in [1.82, 2.24) is 20.2 Å². The highest BCUT2D eigenvalue weighted by Crippen LogP contribution is 2.31. The molecule has 92 valence electrons. The maximum absolute atomic E-state index is 5.35. The number of hydrogen-bond donors (Lipinski definition) is 3. The molecule has 1 atom stereocenters. The second kappa shape index (κ2) is 4.89. The SMILES string of the molecule is CC(C)C(C)Sc1nc(NN)nc2[nH]ncc12. The van der Waals surface area contributed by atoms with Gasteiger partial charge in [-0.25, -0.2) is 10.8 Å². The molecule has 2 rings (SSSR count). The molecular formula is C10H16N6S. The van der Waals surface area contributed by atoms with E-state index in [1.807, 2.05) is 0 Å². The van der Waals surface area contributed by atoms with E-state index in [1.165, 1.54) is 0 Å². The molecule has 0 aliphatic rings. The van der Waals surface area contributed by atoms with Gasteiger partial charge in [0.05, 0.1) is 11.6 Å². The molecule has 1 unspecified atom stereocenters. The fourth-order valence-corrected chi connectivity index (χ4v) is 2.31. The zero-order valence-electron chi connectivity index (χ0n) is 10.1. The average Bonchev–Trinajstić information content (AvgIpc) is 2.76. The molecule has 17 heavy (non-hydrogen) atoms. The number of nitrogens with two attached hydrogens (primary N) is 1. The van der Waals surface area contributed by atoms with E-state index in [2.05, 4.69) is 46.4 Å². The summed E-state index contributed by atoms with van der Waals surface area (Å²) in [6.07, 6.45) is 1.74. The van der Waals surface area contributed by atoms with Gasteiger partial charge in [0.15, 0.2) is 5.65 Å². The van der Waals surface area contributed by atoms with Crippen molar-refractivity contribution in [2.24, 2.45) is 11.8 Å². The van der Waals surface area contributed by atoms with Crippen molar-refractivity contribution >= 4 is 28.7 Å². The van der Waals surface area contributed by atoms with Crippen molar-refractivity contribution in [2.45, 2.75) is 31.0 Å². The van der Waals surface area contributed by atoms with Gasteiger partial charge in [0.1, 0.15) is 5.03 Å². The Morgan fingerprint density at radius 3 is 2.76 bits per heavy atom. The molecule has 6 nitrogen and oxygen atoms in total. The lowest BCUT2D eigenvalue weighted by Crippen LogP contribution is -2.12. The molecule has 0 aromatic carbocycles. The van der Waals surface area contributed by atoms with Crippen molar-refractivity contribution in [2.75, 3.05) is 5.43 Å². The Morgan fingerprint density at radius 2 is 2.12 bits per heavy atom. The Kier molecular flexibility index (Phi) is 3.49. The van der Waals surface area contributed by atoms with E-state index in [9.17, 15) is 0 Å². The highest BCUT2D eigenvalue weighted by atomic mass is 32.2. The first kappa shape index (κ1) is 12.1. The third kappa shape index (κ3) is 2.50. The predicted molar refractivity (Wildman–Crippen MR) is 69.7 cm³/mol. The number of aromatic amines is 1. The van der Waals surface area contributed by atoms with Gasteiger partial charge in [-0.3, -0.25) is 10.5 Å². The summed E-state index contributed by atoms with van der Waals surface area (Å²) in [6.45, 7) is 6.56. The third-order valence-corrected chi connectivity index (χ3v) is 4.09. The van der Waals surface area contributed by atoms with Crippen molar-refractivity contribution in [3.63, 3.8) is 0 Å². The molecule has 0 fully saturated rings. The summed E-state index contributed by atoms with van der Waals surface area (Å²) in [5, 5.41) is 9.11. The Labute approximate surface area is 104 Å². The Bertz CT molecular complexity index is 508. The number of nitrogens with one attached hydrogen (secondary N) is 2. The van der Waals surface area contributed by atoms with Crippen LogP contribution in [0.3, 0.4) is 0 Å². The first-order valence-electron chi connectivity index (χ1n) is 5.46. The number of nitrogen functional groups attached to an aromatic ring is 1. The van der Waals surface area contributed by atoms with Crippen LogP contribution in [0.4, 0.5) is 5.95 Å². The van der Waals surface area contributed by atoms with Crippen LogP contribution < -0.4 is 11.3 Å². The maximum atomic E-state index is 5.35. The lowest BCUT2D eigenvalue weighted by molar-refractivity contribution is 0.642. The molecule has 4 N–H and O–H groups in total. The molecule has 0 aliphatic carbocycles. The third-order valence-electron chi connectivity index (χ3n) is 2.64. The monoisotopic (exact) mass is 252 g/mol. The van der Waals surface area contributed by atoms with E-state index >= 15 is 0 Å². The van der Waals surface area contributed by atoms with Gasteiger partial charge in [0, 0.05) is 5.25 Å². The zero-order chi connectivity index (χ0) is 12.4.